The normalized spacial score (nSPS) is 12.0. The average Bonchev–Trinajstić information content (AvgIpc) is 2.45. The lowest BCUT2D eigenvalue weighted by molar-refractivity contribution is 0.192. The minimum atomic E-state index is 0.532. The topological polar surface area (TPSA) is 9.23 Å². The first kappa shape index (κ1) is 22.0. The Morgan fingerprint density at radius 2 is 0.818 bits per heavy atom. The molecular formula is C21H44O. The van der Waals surface area contributed by atoms with Crippen molar-refractivity contribution in [1.82, 2.24) is 0 Å². The van der Waals surface area contributed by atoms with Gasteiger partial charge in [-0.1, -0.05) is 104 Å². The third-order valence-electron chi connectivity index (χ3n) is 4.53. The molecule has 0 heterocycles. The van der Waals surface area contributed by atoms with Gasteiger partial charge in [-0.05, 0) is 18.3 Å². The van der Waals surface area contributed by atoms with E-state index in [0.29, 0.717) is 5.41 Å². The van der Waals surface area contributed by atoms with Gasteiger partial charge in [0.2, 0.25) is 0 Å². The first-order valence-electron chi connectivity index (χ1n) is 10.1. The summed E-state index contributed by atoms with van der Waals surface area (Å²) < 4.78 is 5.07. The highest BCUT2D eigenvalue weighted by molar-refractivity contribution is 4.61. The summed E-state index contributed by atoms with van der Waals surface area (Å²) in [6.45, 7) is 8.00. The standard InChI is InChI=1S/C21H44O/c1-21(2,3)19-17-15-13-11-9-7-5-6-8-10-12-14-16-18-20-22-4/h5-20H2,1-4H3. The van der Waals surface area contributed by atoms with Crippen LogP contribution in [0.3, 0.4) is 0 Å². The third kappa shape index (κ3) is 20.0. The fraction of sp³-hybridized carbons (Fsp3) is 1.00. The molecule has 0 saturated heterocycles. The van der Waals surface area contributed by atoms with Gasteiger partial charge in [-0.15, -0.1) is 0 Å². The van der Waals surface area contributed by atoms with Gasteiger partial charge in [0.25, 0.3) is 0 Å². The molecule has 0 aliphatic rings. The molecule has 0 aromatic carbocycles. The predicted molar refractivity (Wildman–Crippen MR) is 101 cm³/mol. The minimum absolute atomic E-state index is 0.532. The number of ether oxygens (including phenoxy) is 1. The summed E-state index contributed by atoms with van der Waals surface area (Å²) in [7, 11) is 1.80. The molecule has 0 rings (SSSR count). The van der Waals surface area contributed by atoms with Gasteiger partial charge in [-0.2, -0.15) is 0 Å². The Morgan fingerprint density at radius 3 is 1.14 bits per heavy atom. The van der Waals surface area contributed by atoms with Crippen LogP contribution in [0.1, 0.15) is 117 Å². The Morgan fingerprint density at radius 1 is 0.500 bits per heavy atom. The van der Waals surface area contributed by atoms with E-state index in [1.54, 1.807) is 7.11 Å². The molecule has 0 aromatic heterocycles. The molecular weight excluding hydrogens is 268 g/mol. The van der Waals surface area contributed by atoms with E-state index in [-0.39, 0.29) is 0 Å². The molecule has 0 saturated carbocycles. The van der Waals surface area contributed by atoms with Crippen molar-refractivity contribution < 1.29 is 4.74 Å². The number of hydrogen-bond acceptors (Lipinski definition) is 1. The van der Waals surface area contributed by atoms with Crippen LogP contribution < -0.4 is 0 Å². The lowest BCUT2D eigenvalue weighted by Crippen LogP contribution is -2.03. The van der Waals surface area contributed by atoms with Gasteiger partial charge in [0, 0.05) is 13.7 Å². The third-order valence-corrected chi connectivity index (χ3v) is 4.53. The fourth-order valence-electron chi connectivity index (χ4n) is 3.02. The van der Waals surface area contributed by atoms with Gasteiger partial charge < -0.3 is 4.74 Å². The second-order valence-corrected chi connectivity index (χ2v) is 8.25. The lowest BCUT2D eigenvalue weighted by atomic mass is 9.89. The highest BCUT2D eigenvalue weighted by atomic mass is 16.5. The maximum atomic E-state index is 5.07. The summed E-state index contributed by atoms with van der Waals surface area (Å²) in [5, 5.41) is 0. The molecule has 1 nitrogen and oxygen atoms in total. The second kappa shape index (κ2) is 15.8. The van der Waals surface area contributed by atoms with Gasteiger partial charge in [0.15, 0.2) is 0 Å². The summed E-state index contributed by atoms with van der Waals surface area (Å²) in [4.78, 5) is 0. The molecule has 0 radical (unpaired) electrons. The van der Waals surface area contributed by atoms with Gasteiger partial charge in [0.1, 0.15) is 0 Å². The molecule has 0 fully saturated rings. The highest BCUT2D eigenvalue weighted by Gasteiger charge is 2.08. The van der Waals surface area contributed by atoms with Crippen LogP contribution in [-0.2, 0) is 4.74 Å². The van der Waals surface area contributed by atoms with Crippen molar-refractivity contribution in [2.45, 2.75) is 117 Å². The second-order valence-electron chi connectivity index (χ2n) is 8.25. The van der Waals surface area contributed by atoms with E-state index in [1.165, 1.54) is 96.3 Å². The molecule has 0 amide bonds. The van der Waals surface area contributed by atoms with Crippen LogP contribution in [0, 0.1) is 5.41 Å². The number of unbranched alkanes of at least 4 members (excludes halogenated alkanes) is 13. The Balaban J connectivity index is 3.00. The van der Waals surface area contributed by atoms with Crippen LogP contribution in [0.25, 0.3) is 0 Å². The zero-order chi connectivity index (χ0) is 16.5. The zero-order valence-electron chi connectivity index (χ0n) is 16.2. The molecule has 0 N–H and O–H groups in total. The summed E-state index contributed by atoms with van der Waals surface area (Å²) >= 11 is 0. The molecule has 0 bridgehead atoms. The van der Waals surface area contributed by atoms with E-state index in [2.05, 4.69) is 20.8 Å². The number of methoxy groups -OCH3 is 1. The molecule has 0 spiro atoms. The van der Waals surface area contributed by atoms with Crippen molar-refractivity contribution in [2.24, 2.45) is 5.41 Å². The van der Waals surface area contributed by atoms with E-state index >= 15 is 0 Å². The smallest absolute Gasteiger partial charge is 0.0462 e. The van der Waals surface area contributed by atoms with Gasteiger partial charge in [0.05, 0.1) is 0 Å². The Kier molecular flexibility index (Phi) is 15.8. The van der Waals surface area contributed by atoms with Gasteiger partial charge in [-0.3, -0.25) is 0 Å². The Hall–Kier alpha value is -0.0400. The van der Waals surface area contributed by atoms with Crippen molar-refractivity contribution in [1.29, 1.82) is 0 Å². The maximum absolute atomic E-state index is 5.07. The minimum Gasteiger partial charge on any atom is -0.385 e. The maximum Gasteiger partial charge on any atom is 0.0462 e. The monoisotopic (exact) mass is 312 g/mol. The fourth-order valence-corrected chi connectivity index (χ4v) is 3.02. The molecule has 0 unspecified atom stereocenters. The van der Waals surface area contributed by atoms with Crippen LogP contribution in [0.15, 0.2) is 0 Å². The molecule has 134 valence electrons. The molecule has 0 atom stereocenters. The zero-order valence-corrected chi connectivity index (χ0v) is 16.2. The number of rotatable bonds is 16. The van der Waals surface area contributed by atoms with Crippen LogP contribution >= 0.6 is 0 Å². The van der Waals surface area contributed by atoms with E-state index < -0.39 is 0 Å². The van der Waals surface area contributed by atoms with Crippen molar-refractivity contribution in [3.05, 3.63) is 0 Å². The van der Waals surface area contributed by atoms with Gasteiger partial charge in [-0.25, -0.2) is 0 Å². The van der Waals surface area contributed by atoms with Crippen LogP contribution in [-0.4, -0.2) is 13.7 Å². The Bertz CT molecular complexity index is 204. The van der Waals surface area contributed by atoms with E-state index in [9.17, 15) is 0 Å². The number of hydrogen-bond donors (Lipinski definition) is 0. The molecule has 0 aliphatic carbocycles. The SMILES string of the molecule is COCCCCCCCCCCCCCCCCC(C)(C)C. The Labute approximate surface area is 141 Å². The van der Waals surface area contributed by atoms with E-state index in [4.69, 9.17) is 4.74 Å². The van der Waals surface area contributed by atoms with Crippen molar-refractivity contribution >= 4 is 0 Å². The van der Waals surface area contributed by atoms with E-state index in [1.807, 2.05) is 0 Å². The summed E-state index contributed by atoms with van der Waals surface area (Å²) in [6, 6.07) is 0. The van der Waals surface area contributed by atoms with Crippen molar-refractivity contribution in [3.8, 4) is 0 Å². The predicted octanol–water partition coefficient (Wildman–Crippen LogP) is 7.53. The van der Waals surface area contributed by atoms with Crippen LogP contribution in [0.5, 0.6) is 0 Å². The van der Waals surface area contributed by atoms with Crippen molar-refractivity contribution in [2.75, 3.05) is 13.7 Å². The van der Waals surface area contributed by atoms with Crippen molar-refractivity contribution in [3.63, 3.8) is 0 Å². The lowest BCUT2D eigenvalue weighted by Gasteiger charge is -2.17. The highest BCUT2D eigenvalue weighted by Crippen LogP contribution is 2.22. The largest absolute Gasteiger partial charge is 0.385 e. The first-order chi connectivity index (χ1) is 10.6. The molecule has 22 heavy (non-hydrogen) atoms. The summed E-state index contributed by atoms with van der Waals surface area (Å²) in [5.74, 6) is 0. The first-order valence-corrected chi connectivity index (χ1v) is 10.1. The summed E-state index contributed by atoms with van der Waals surface area (Å²) in [6.07, 6.45) is 21.3. The summed E-state index contributed by atoms with van der Waals surface area (Å²) in [5.41, 5.74) is 0.532. The van der Waals surface area contributed by atoms with Crippen LogP contribution in [0.2, 0.25) is 0 Å². The quantitative estimate of drug-likeness (QED) is 0.268. The molecule has 0 aromatic rings. The average molecular weight is 313 g/mol. The molecule has 0 aliphatic heterocycles. The van der Waals surface area contributed by atoms with Crippen LogP contribution in [0.4, 0.5) is 0 Å². The van der Waals surface area contributed by atoms with Gasteiger partial charge >= 0.3 is 0 Å². The van der Waals surface area contributed by atoms with E-state index in [0.717, 1.165) is 6.61 Å². The molecule has 1 heteroatoms.